The Morgan fingerprint density at radius 1 is 1.47 bits per heavy atom. The number of rotatable bonds is 6. The Labute approximate surface area is 98.4 Å². The highest BCUT2D eigenvalue weighted by Gasteiger charge is 2.26. The first kappa shape index (κ1) is 14.9. The largest absolute Gasteiger partial charge is 0.480 e. The summed E-state index contributed by atoms with van der Waals surface area (Å²) >= 11 is 0. The van der Waals surface area contributed by atoms with Gasteiger partial charge in [-0.15, -0.1) is 0 Å². The SMILES string of the molecule is CC(=O)OCC(=O)N[C@@H](C(=O)O)[C@@H](C)CC#N. The first-order valence-electron chi connectivity index (χ1n) is 4.91. The molecule has 17 heavy (non-hydrogen) atoms. The van der Waals surface area contributed by atoms with E-state index in [9.17, 15) is 14.4 Å². The molecule has 0 heterocycles. The van der Waals surface area contributed by atoms with Crippen LogP contribution in [0.3, 0.4) is 0 Å². The normalized spacial score (nSPS) is 13.0. The van der Waals surface area contributed by atoms with Gasteiger partial charge in [0, 0.05) is 19.3 Å². The van der Waals surface area contributed by atoms with Crippen LogP contribution in [0.2, 0.25) is 0 Å². The summed E-state index contributed by atoms with van der Waals surface area (Å²) in [6.07, 6.45) is 0.00477. The molecule has 0 aromatic carbocycles. The number of carboxylic acid groups (broad SMARTS) is 1. The second kappa shape index (κ2) is 7.22. The van der Waals surface area contributed by atoms with Gasteiger partial charge in [-0.3, -0.25) is 9.59 Å². The van der Waals surface area contributed by atoms with Crippen LogP contribution in [0, 0.1) is 17.2 Å². The maximum absolute atomic E-state index is 11.2. The molecule has 7 nitrogen and oxygen atoms in total. The van der Waals surface area contributed by atoms with Gasteiger partial charge in [0.05, 0.1) is 6.07 Å². The average molecular weight is 242 g/mol. The van der Waals surface area contributed by atoms with Gasteiger partial charge in [0.25, 0.3) is 5.91 Å². The van der Waals surface area contributed by atoms with Gasteiger partial charge in [0.2, 0.25) is 0 Å². The molecule has 0 radical (unpaired) electrons. The van der Waals surface area contributed by atoms with Crippen LogP contribution < -0.4 is 5.32 Å². The number of ether oxygens (including phenoxy) is 1. The van der Waals surface area contributed by atoms with Crippen molar-refractivity contribution in [1.29, 1.82) is 5.26 Å². The summed E-state index contributed by atoms with van der Waals surface area (Å²) in [6, 6.07) is 0.658. The number of carbonyl (C=O) groups excluding carboxylic acids is 2. The number of nitriles is 1. The minimum atomic E-state index is -1.23. The van der Waals surface area contributed by atoms with Crippen molar-refractivity contribution in [3.8, 4) is 6.07 Å². The Morgan fingerprint density at radius 2 is 2.06 bits per heavy atom. The Morgan fingerprint density at radius 3 is 2.47 bits per heavy atom. The van der Waals surface area contributed by atoms with Crippen LogP contribution in [0.1, 0.15) is 20.3 Å². The molecular formula is C10H14N2O5. The number of hydrogen-bond donors (Lipinski definition) is 2. The summed E-state index contributed by atoms with van der Waals surface area (Å²) in [5.74, 6) is -3.10. The van der Waals surface area contributed by atoms with Crippen molar-refractivity contribution in [3.63, 3.8) is 0 Å². The summed E-state index contributed by atoms with van der Waals surface area (Å²) in [5.41, 5.74) is 0. The monoisotopic (exact) mass is 242 g/mol. The van der Waals surface area contributed by atoms with E-state index in [0.717, 1.165) is 6.92 Å². The molecule has 0 aliphatic rings. The molecule has 94 valence electrons. The van der Waals surface area contributed by atoms with E-state index in [1.807, 2.05) is 6.07 Å². The zero-order valence-corrected chi connectivity index (χ0v) is 9.60. The van der Waals surface area contributed by atoms with Crippen molar-refractivity contribution >= 4 is 17.8 Å². The quantitative estimate of drug-likeness (QED) is 0.616. The number of aliphatic carboxylic acids is 1. The fourth-order valence-electron chi connectivity index (χ4n) is 1.09. The molecule has 1 amide bonds. The Hall–Kier alpha value is -2.10. The number of carbonyl (C=O) groups is 3. The first-order valence-corrected chi connectivity index (χ1v) is 4.91. The Balaban J connectivity index is 4.35. The molecule has 0 aromatic heterocycles. The average Bonchev–Trinajstić information content (AvgIpc) is 2.22. The summed E-state index contributed by atoms with van der Waals surface area (Å²) < 4.78 is 4.42. The van der Waals surface area contributed by atoms with Crippen LogP contribution in [0.5, 0.6) is 0 Å². The second-order valence-electron chi connectivity index (χ2n) is 3.50. The van der Waals surface area contributed by atoms with Crippen molar-refractivity contribution in [2.45, 2.75) is 26.3 Å². The van der Waals surface area contributed by atoms with Gasteiger partial charge in [0.1, 0.15) is 6.04 Å². The highest BCUT2D eigenvalue weighted by atomic mass is 16.5. The van der Waals surface area contributed by atoms with Crippen LogP contribution >= 0.6 is 0 Å². The van der Waals surface area contributed by atoms with E-state index >= 15 is 0 Å². The summed E-state index contributed by atoms with van der Waals surface area (Å²) in [7, 11) is 0. The van der Waals surface area contributed by atoms with E-state index in [1.165, 1.54) is 6.92 Å². The smallest absolute Gasteiger partial charge is 0.326 e. The zero-order chi connectivity index (χ0) is 13.4. The molecule has 2 atom stereocenters. The first-order chi connectivity index (χ1) is 7.88. The molecule has 0 fully saturated rings. The van der Waals surface area contributed by atoms with Gasteiger partial charge in [-0.05, 0) is 0 Å². The van der Waals surface area contributed by atoms with Crippen LogP contribution in [-0.2, 0) is 19.1 Å². The number of esters is 1. The van der Waals surface area contributed by atoms with E-state index in [4.69, 9.17) is 10.4 Å². The third-order valence-electron chi connectivity index (χ3n) is 1.97. The third-order valence-corrected chi connectivity index (χ3v) is 1.97. The fraction of sp³-hybridized carbons (Fsp3) is 0.600. The van der Waals surface area contributed by atoms with Crippen molar-refractivity contribution in [2.75, 3.05) is 6.61 Å². The molecule has 2 N–H and O–H groups in total. The van der Waals surface area contributed by atoms with Crippen molar-refractivity contribution in [2.24, 2.45) is 5.92 Å². The standard InChI is InChI=1S/C10H14N2O5/c1-6(3-4-11)9(10(15)16)12-8(14)5-17-7(2)13/h6,9H,3,5H2,1-2H3,(H,12,14)(H,15,16)/t6-,9+/m0/s1. The van der Waals surface area contributed by atoms with E-state index < -0.39 is 36.4 Å². The van der Waals surface area contributed by atoms with Crippen molar-refractivity contribution < 1.29 is 24.2 Å². The summed E-state index contributed by atoms with van der Waals surface area (Å²) in [5, 5.41) is 19.5. The number of nitrogens with zero attached hydrogens (tertiary/aromatic N) is 1. The van der Waals surface area contributed by atoms with Gasteiger partial charge < -0.3 is 15.2 Å². The van der Waals surface area contributed by atoms with E-state index in [2.05, 4.69) is 10.1 Å². The van der Waals surface area contributed by atoms with E-state index in [-0.39, 0.29) is 6.42 Å². The van der Waals surface area contributed by atoms with Gasteiger partial charge in [-0.25, -0.2) is 4.79 Å². The predicted molar refractivity (Wildman–Crippen MR) is 55.6 cm³/mol. The molecule has 0 aliphatic carbocycles. The summed E-state index contributed by atoms with van der Waals surface area (Å²) in [6.45, 7) is 2.15. The minimum absolute atomic E-state index is 0.00477. The van der Waals surface area contributed by atoms with Gasteiger partial charge >= 0.3 is 11.9 Å². The fourth-order valence-corrected chi connectivity index (χ4v) is 1.09. The van der Waals surface area contributed by atoms with Crippen LogP contribution in [-0.4, -0.2) is 35.6 Å². The zero-order valence-electron chi connectivity index (χ0n) is 9.60. The van der Waals surface area contributed by atoms with E-state index in [1.54, 1.807) is 0 Å². The maximum atomic E-state index is 11.2. The Bertz CT molecular complexity index is 347. The topological polar surface area (TPSA) is 116 Å². The molecule has 0 aliphatic heterocycles. The lowest BCUT2D eigenvalue weighted by Gasteiger charge is -2.18. The van der Waals surface area contributed by atoms with Gasteiger partial charge in [-0.1, -0.05) is 6.92 Å². The van der Waals surface area contributed by atoms with Gasteiger partial charge in [-0.2, -0.15) is 5.26 Å². The number of nitrogens with one attached hydrogen (secondary N) is 1. The number of carboxylic acids is 1. The van der Waals surface area contributed by atoms with Crippen LogP contribution in [0.4, 0.5) is 0 Å². The number of hydrogen-bond acceptors (Lipinski definition) is 5. The molecule has 0 saturated heterocycles. The highest BCUT2D eigenvalue weighted by molar-refractivity contribution is 5.85. The lowest BCUT2D eigenvalue weighted by atomic mass is 9.99. The second-order valence-corrected chi connectivity index (χ2v) is 3.50. The van der Waals surface area contributed by atoms with Gasteiger partial charge in [0.15, 0.2) is 6.61 Å². The maximum Gasteiger partial charge on any atom is 0.326 e. The number of amides is 1. The molecular weight excluding hydrogens is 228 g/mol. The van der Waals surface area contributed by atoms with Crippen LogP contribution in [0.15, 0.2) is 0 Å². The molecule has 0 unspecified atom stereocenters. The van der Waals surface area contributed by atoms with E-state index in [0.29, 0.717) is 0 Å². The van der Waals surface area contributed by atoms with Crippen molar-refractivity contribution in [1.82, 2.24) is 5.32 Å². The molecule has 0 rings (SSSR count). The lowest BCUT2D eigenvalue weighted by Crippen LogP contribution is -2.46. The van der Waals surface area contributed by atoms with Crippen molar-refractivity contribution in [3.05, 3.63) is 0 Å². The molecule has 0 bridgehead atoms. The van der Waals surface area contributed by atoms with Crippen LogP contribution in [0.25, 0.3) is 0 Å². The third kappa shape index (κ3) is 6.14. The molecule has 0 saturated carbocycles. The lowest BCUT2D eigenvalue weighted by molar-refractivity contribution is -0.148. The Kier molecular flexibility index (Phi) is 6.33. The minimum Gasteiger partial charge on any atom is -0.480 e. The molecule has 7 heteroatoms. The highest BCUT2D eigenvalue weighted by Crippen LogP contribution is 2.07. The summed E-state index contributed by atoms with van der Waals surface area (Å²) in [4.78, 5) is 32.5. The molecule has 0 spiro atoms. The predicted octanol–water partition coefficient (Wildman–Crippen LogP) is -0.331. The molecule has 0 aromatic rings.